The van der Waals surface area contributed by atoms with Gasteiger partial charge in [-0.3, -0.25) is 0 Å². The van der Waals surface area contributed by atoms with Crippen LogP contribution in [0.1, 0.15) is 22.3 Å². The molecular weight excluding hydrogens is 691 g/mol. The second-order valence-electron chi connectivity index (χ2n) is 14.8. The number of hydrogen-bond acceptors (Lipinski definition) is 2. The predicted octanol–water partition coefficient (Wildman–Crippen LogP) is 14.8. The summed E-state index contributed by atoms with van der Waals surface area (Å²) in [6.07, 6.45) is 0. The summed E-state index contributed by atoms with van der Waals surface area (Å²) in [5.74, 6) is 0. The first-order valence-electron chi connectivity index (χ1n) is 19.6. The molecule has 0 spiro atoms. The molecule has 0 aliphatic heterocycles. The highest BCUT2D eigenvalue weighted by Gasteiger charge is 2.46. The summed E-state index contributed by atoms with van der Waals surface area (Å²) in [7, 11) is 0. The van der Waals surface area contributed by atoms with Crippen molar-refractivity contribution in [1.82, 2.24) is 0 Å². The third kappa shape index (κ3) is 5.18. The van der Waals surface area contributed by atoms with E-state index in [4.69, 9.17) is 4.42 Å². The number of benzene rings is 9. The van der Waals surface area contributed by atoms with Gasteiger partial charge in [-0.1, -0.05) is 176 Å². The largest absolute Gasteiger partial charge is 0.456 e. The Morgan fingerprint density at radius 1 is 0.351 bits per heavy atom. The fraction of sp³-hybridized carbons (Fsp3) is 0.0182. The fourth-order valence-electron chi connectivity index (χ4n) is 9.35. The SMILES string of the molecule is c1ccc(-c2cccc(N(c3ccccc3)c3ccc4c(c3)C(c3ccccc3)(c3ccccc3)c3ccccc3-4)c2-c2ccc3c(c2)oc2ccccc23)cc1. The van der Waals surface area contributed by atoms with E-state index in [1.54, 1.807) is 0 Å². The third-order valence-corrected chi connectivity index (χ3v) is 11.8. The minimum absolute atomic E-state index is 0.520. The van der Waals surface area contributed by atoms with Crippen LogP contribution in [0.4, 0.5) is 17.1 Å². The van der Waals surface area contributed by atoms with E-state index in [-0.39, 0.29) is 0 Å². The van der Waals surface area contributed by atoms with Gasteiger partial charge in [0, 0.05) is 27.7 Å². The lowest BCUT2D eigenvalue weighted by molar-refractivity contribution is 0.669. The lowest BCUT2D eigenvalue weighted by atomic mass is 9.67. The lowest BCUT2D eigenvalue weighted by Crippen LogP contribution is -2.28. The van der Waals surface area contributed by atoms with Gasteiger partial charge in [0.1, 0.15) is 11.2 Å². The van der Waals surface area contributed by atoms with Gasteiger partial charge in [-0.15, -0.1) is 0 Å². The van der Waals surface area contributed by atoms with Crippen LogP contribution >= 0.6 is 0 Å². The van der Waals surface area contributed by atoms with Crippen molar-refractivity contribution >= 4 is 39.0 Å². The number of fused-ring (bicyclic) bond motifs is 6. The van der Waals surface area contributed by atoms with Crippen LogP contribution in [-0.4, -0.2) is 0 Å². The number of furan rings is 1. The highest BCUT2D eigenvalue weighted by molar-refractivity contribution is 6.07. The first kappa shape index (κ1) is 33.0. The maximum Gasteiger partial charge on any atom is 0.136 e. The zero-order valence-corrected chi connectivity index (χ0v) is 31.2. The van der Waals surface area contributed by atoms with Crippen LogP contribution in [0.15, 0.2) is 229 Å². The molecule has 0 bridgehead atoms. The Kier molecular flexibility index (Phi) is 7.75. The molecule has 268 valence electrons. The van der Waals surface area contributed by atoms with Crippen molar-refractivity contribution in [2.45, 2.75) is 5.41 Å². The highest BCUT2D eigenvalue weighted by atomic mass is 16.3. The Labute approximate surface area is 332 Å². The van der Waals surface area contributed by atoms with Crippen LogP contribution in [0.25, 0.3) is 55.3 Å². The Balaban J connectivity index is 1.20. The highest BCUT2D eigenvalue weighted by Crippen LogP contribution is 2.57. The monoisotopic (exact) mass is 727 g/mol. The number of nitrogens with zero attached hydrogens (tertiary/aromatic N) is 1. The summed E-state index contributed by atoms with van der Waals surface area (Å²) in [5, 5.41) is 2.24. The second-order valence-corrected chi connectivity index (χ2v) is 14.8. The van der Waals surface area contributed by atoms with Gasteiger partial charge in [-0.25, -0.2) is 0 Å². The molecule has 1 heterocycles. The normalized spacial score (nSPS) is 12.7. The fourth-order valence-corrected chi connectivity index (χ4v) is 9.35. The second kappa shape index (κ2) is 13.4. The van der Waals surface area contributed by atoms with Crippen molar-refractivity contribution in [1.29, 1.82) is 0 Å². The summed E-state index contributed by atoms with van der Waals surface area (Å²) in [6.45, 7) is 0. The van der Waals surface area contributed by atoms with Gasteiger partial charge in [0.25, 0.3) is 0 Å². The van der Waals surface area contributed by atoms with Gasteiger partial charge in [0.15, 0.2) is 0 Å². The smallest absolute Gasteiger partial charge is 0.136 e. The molecule has 0 N–H and O–H groups in total. The van der Waals surface area contributed by atoms with E-state index >= 15 is 0 Å². The standard InChI is InChI=1S/C55H37NO/c1-5-18-38(19-6-1)44-28-17-30-51(54(44)39-32-34-48-47-27-14-16-31-52(47)57-53(48)36-39)56(42-24-11-4-12-25-42)43-33-35-46-45-26-13-15-29-49(45)55(50(46)37-43,40-20-7-2-8-21-40)41-22-9-3-10-23-41/h1-37H. The molecule has 1 aromatic heterocycles. The number of para-hydroxylation sites is 2. The first-order valence-corrected chi connectivity index (χ1v) is 19.6. The number of hydrogen-bond donors (Lipinski definition) is 0. The van der Waals surface area contributed by atoms with Crippen molar-refractivity contribution < 1.29 is 4.42 Å². The predicted molar refractivity (Wildman–Crippen MR) is 237 cm³/mol. The molecule has 0 fully saturated rings. The molecule has 0 saturated carbocycles. The Morgan fingerprint density at radius 3 is 1.70 bits per heavy atom. The topological polar surface area (TPSA) is 16.4 Å². The van der Waals surface area contributed by atoms with E-state index in [1.165, 1.54) is 33.4 Å². The van der Waals surface area contributed by atoms with Gasteiger partial charge in [-0.05, 0) is 98.6 Å². The lowest BCUT2D eigenvalue weighted by Gasteiger charge is -2.35. The van der Waals surface area contributed by atoms with Crippen molar-refractivity contribution in [2.24, 2.45) is 0 Å². The van der Waals surface area contributed by atoms with Crippen molar-refractivity contribution in [3.63, 3.8) is 0 Å². The Bertz CT molecular complexity index is 3020. The molecule has 1 aliphatic rings. The summed E-state index contributed by atoms with van der Waals surface area (Å²) >= 11 is 0. The molecule has 2 heteroatoms. The third-order valence-electron chi connectivity index (χ3n) is 11.8. The van der Waals surface area contributed by atoms with Crippen LogP contribution in [0.2, 0.25) is 0 Å². The van der Waals surface area contributed by atoms with Crippen molar-refractivity contribution in [3.8, 4) is 33.4 Å². The molecule has 9 aromatic carbocycles. The summed E-state index contributed by atoms with van der Waals surface area (Å²) in [5.41, 5.74) is 16.6. The minimum atomic E-state index is -0.520. The average molecular weight is 728 g/mol. The molecule has 0 amide bonds. The zero-order chi connectivity index (χ0) is 37.8. The molecule has 11 rings (SSSR count). The summed E-state index contributed by atoms with van der Waals surface area (Å²) in [4.78, 5) is 2.44. The van der Waals surface area contributed by atoms with Crippen LogP contribution in [0.5, 0.6) is 0 Å². The maximum atomic E-state index is 6.50. The molecule has 0 radical (unpaired) electrons. The summed E-state index contributed by atoms with van der Waals surface area (Å²) < 4.78 is 6.50. The molecule has 57 heavy (non-hydrogen) atoms. The molecule has 0 saturated heterocycles. The first-order chi connectivity index (χ1) is 28.3. The molecule has 0 unspecified atom stereocenters. The van der Waals surface area contributed by atoms with E-state index in [1.807, 2.05) is 12.1 Å². The van der Waals surface area contributed by atoms with Gasteiger partial charge in [-0.2, -0.15) is 0 Å². The molecule has 2 nitrogen and oxygen atoms in total. The van der Waals surface area contributed by atoms with Gasteiger partial charge in [0.2, 0.25) is 0 Å². The number of anilines is 3. The van der Waals surface area contributed by atoms with Crippen LogP contribution in [0.3, 0.4) is 0 Å². The van der Waals surface area contributed by atoms with E-state index in [9.17, 15) is 0 Å². The Hall–Kier alpha value is -7.42. The maximum absolute atomic E-state index is 6.50. The Morgan fingerprint density at radius 2 is 0.947 bits per heavy atom. The minimum Gasteiger partial charge on any atom is -0.456 e. The molecular formula is C55H37NO. The quantitative estimate of drug-likeness (QED) is 0.163. The van der Waals surface area contributed by atoms with Crippen LogP contribution in [-0.2, 0) is 5.41 Å². The van der Waals surface area contributed by atoms with Gasteiger partial charge < -0.3 is 9.32 Å². The average Bonchev–Trinajstić information content (AvgIpc) is 3.81. The van der Waals surface area contributed by atoms with E-state index in [2.05, 4.69) is 217 Å². The van der Waals surface area contributed by atoms with Gasteiger partial charge >= 0.3 is 0 Å². The van der Waals surface area contributed by atoms with Crippen LogP contribution in [0, 0.1) is 0 Å². The van der Waals surface area contributed by atoms with Crippen molar-refractivity contribution in [3.05, 3.63) is 247 Å². The number of rotatable bonds is 7. The van der Waals surface area contributed by atoms with Crippen LogP contribution < -0.4 is 4.90 Å². The van der Waals surface area contributed by atoms with E-state index in [0.29, 0.717) is 0 Å². The summed E-state index contributed by atoms with van der Waals surface area (Å²) in [6, 6.07) is 81.3. The van der Waals surface area contributed by atoms with E-state index in [0.717, 1.165) is 61.3 Å². The van der Waals surface area contributed by atoms with Crippen molar-refractivity contribution in [2.75, 3.05) is 4.90 Å². The molecule has 0 atom stereocenters. The molecule has 1 aliphatic carbocycles. The zero-order valence-electron chi connectivity index (χ0n) is 31.2. The van der Waals surface area contributed by atoms with E-state index < -0.39 is 5.41 Å². The molecule has 10 aromatic rings. The van der Waals surface area contributed by atoms with Gasteiger partial charge in [0.05, 0.1) is 11.1 Å².